The van der Waals surface area contributed by atoms with Crippen LogP contribution >= 0.6 is 70.1 Å². The normalized spacial score (nSPS) is 10.6. The topological polar surface area (TPSA) is 108 Å². The zero-order chi connectivity index (χ0) is 22.0. The van der Waals surface area contributed by atoms with Crippen molar-refractivity contribution in [2.45, 2.75) is 17.9 Å². The average Bonchev–Trinajstić information content (AvgIpc) is 3.47. The second-order valence-corrected chi connectivity index (χ2v) is 11.7. The lowest BCUT2D eigenvalue weighted by Gasteiger charge is -2.08. The second-order valence-electron chi connectivity index (χ2n) is 5.72. The summed E-state index contributed by atoms with van der Waals surface area (Å²) < 4.78 is 5.52. The third-order valence-corrected chi connectivity index (χ3v) is 9.19. The summed E-state index contributed by atoms with van der Waals surface area (Å²) in [5, 5.41) is 11.8. The molecule has 0 atom stereocenters. The molecule has 172 valence electrons. The van der Waals surface area contributed by atoms with E-state index in [2.05, 4.69) is 30.0 Å². The molecule has 0 aliphatic rings. The quantitative estimate of drug-likeness (QED) is 0.187. The molecule has 2 rings (SSSR count). The number of rotatable bonds is 16. The van der Waals surface area contributed by atoms with Crippen molar-refractivity contribution in [3.63, 3.8) is 0 Å². The Kier molecular flexibility index (Phi) is 15.1. The van der Waals surface area contributed by atoms with Crippen LogP contribution in [-0.4, -0.2) is 58.1 Å². The predicted molar refractivity (Wildman–Crippen MR) is 139 cm³/mol. The van der Waals surface area contributed by atoms with Crippen molar-refractivity contribution in [2.75, 3.05) is 36.1 Å². The molecule has 31 heavy (non-hydrogen) atoms. The van der Waals surface area contributed by atoms with Crippen molar-refractivity contribution in [3.05, 3.63) is 33.2 Å². The Balaban J connectivity index is 1.30. The van der Waals surface area contributed by atoms with Crippen LogP contribution in [0.25, 0.3) is 0 Å². The van der Waals surface area contributed by atoms with Gasteiger partial charge in [0.05, 0.1) is 0 Å². The number of thioether (sulfide) groups is 2. The standard InChI is InChI=1S/C17H26N6O2S6/c24-16(22-30-10-8-26-12-14-18-4-6-28-14)20-2-1-3-21-17(25)23-31-11-9-27-13-15-19-5-7-29-15/h4-7H,1-3,8-13H2,(H2,20,22,24)(H2,21,23,25). The lowest BCUT2D eigenvalue weighted by Crippen LogP contribution is -2.36. The molecule has 0 aliphatic heterocycles. The minimum Gasteiger partial charge on any atom is -0.337 e. The van der Waals surface area contributed by atoms with E-state index in [0.29, 0.717) is 19.5 Å². The summed E-state index contributed by atoms with van der Waals surface area (Å²) in [5.41, 5.74) is 0. The highest BCUT2D eigenvalue weighted by Crippen LogP contribution is 2.15. The zero-order valence-electron chi connectivity index (χ0n) is 16.8. The molecule has 2 heterocycles. The van der Waals surface area contributed by atoms with Crippen LogP contribution in [0, 0.1) is 0 Å². The van der Waals surface area contributed by atoms with Crippen molar-refractivity contribution in [3.8, 4) is 0 Å². The van der Waals surface area contributed by atoms with Gasteiger partial charge in [-0.05, 0) is 30.3 Å². The SMILES string of the molecule is O=C(NCCCNC(=O)NSCCSCc1nccs1)NSCCSCc1nccs1. The van der Waals surface area contributed by atoms with E-state index in [9.17, 15) is 9.59 Å². The summed E-state index contributed by atoms with van der Waals surface area (Å²) >= 11 is 9.71. The maximum Gasteiger partial charge on any atom is 0.324 e. The molecule has 0 fully saturated rings. The first-order valence-corrected chi connectivity index (χ1v) is 15.5. The van der Waals surface area contributed by atoms with E-state index in [1.54, 1.807) is 46.2 Å². The zero-order valence-corrected chi connectivity index (χ0v) is 21.7. The van der Waals surface area contributed by atoms with Gasteiger partial charge in [0.15, 0.2) is 0 Å². The van der Waals surface area contributed by atoms with Crippen molar-refractivity contribution in [1.29, 1.82) is 0 Å². The number of aromatic nitrogens is 2. The van der Waals surface area contributed by atoms with E-state index in [1.165, 1.54) is 23.9 Å². The Morgan fingerprint density at radius 1 is 0.774 bits per heavy atom. The number of nitrogens with zero attached hydrogens (tertiary/aromatic N) is 2. The summed E-state index contributed by atoms with van der Waals surface area (Å²) in [7, 11) is 0. The number of carbonyl (C=O) groups excluding carboxylic acids is 2. The monoisotopic (exact) mass is 538 g/mol. The molecule has 8 nitrogen and oxygen atoms in total. The van der Waals surface area contributed by atoms with Gasteiger partial charge in [-0.3, -0.25) is 9.44 Å². The summed E-state index contributed by atoms with van der Waals surface area (Å²) in [6.07, 6.45) is 4.30. The largest absolute Gasteiger partial charge is 0.337 e. The summed E-state index contributed by atoms with van der Waals surface area (Å²) in [6.45, 7) is 1.01. The number of carbonyl (C=O) groups is 2. The molecule has 0 saturated heterocycles. The Morgan fingerprint density at radius 2 is 1.26 bits per heavy atom. The molecule has 0 aromatic carbocycles. The van der Waals surface area contributed by atoms with E-state index in [1.807, 2.05) is 23.2 Å². The molecule has 0 bridgehead atoms. The molecule has 2 aromatic heterocycles. The predicted octanol–water partition coefficient (Wildman–Crippen LogP) is 4.05. The van der Waals surface area contributed by atoms with Crippen LogP contribution in [-0.2, 0) is 11.5 Å². The maximum absolute atomic E-state index is 11.7. The highest BCUT2D eigenvalue weighted by atomic mass is 32.2. The molecule has 14 heteroatoms. The van der Waals surface area contributed by atoms with Crippen molar-refractivity contribution >= 4 is 82.2 Å². The highest BCUT2D eigenvalue weighted by molar-refractivity contribution is 8.02. The van der Waals surface area contributed by atoms with Gasteiger partial charge in [-0.25, -0.2) is 19.6 Å². The summed E-state index contributed by atoms with van der Waals surface area (Å²) in [4.78, 5) is 31.9. The Labute approximate surface area is 208 Å². The second kappa shape index (κ2) is 17.7. The first-order valence-electron chi connectivity index (χ1n) is 9.47. The van der Waals surface area contributed by atoms with Crippen molar-refractivity contribution in [1.82, 2.24) is 30.0 Å². The Morgan fingerprint density at radius 3 is 1.68 bits per heavy atom. The number of nitrogens with one attached hydrogen (secondary N) is 4. The van der Waals surface area contributed by atoms with E-state index in [-0.39, 0.29) is 12.1 Å². The van der Waals surface area contributed by atoms with Crippen molar-refractivity contribution < 1.29 is 9.59 Å². The third kappa shape index (κ3) is 14.1. The van der Waals surface area contributed by atoms with Gasteiger partial charge in [-0.15, -0.1) is 22.7 Å². The Bertz CT molecular complexity index is 659. The number of amides is 4. The highest BCUT2D eigenvalue weighted by Gasteiger charge is 2.02. The van der Waals surface area contributed by atoms with E-state index < -0.39 is 0 Å². The third-order valence-electron chi connectivity index (χ3n) is 3.33. The minimum atomic E-state index is -0.204. The van der Waals surface area contributed by atoms with Crippen LogP contribution in [0.2, 0.25) is 0 Å². The number of hydrogen-bond acceptors (Lipinski definition) is 10. The van der Waals surface area contributed by atoms with Gasteiger partial charge >= 0.3 is 12.1 Å². The maximum atomic E-state index is 11.7. The number of urea groups is 2. The average molecular weight is 539 g/mol. The number of thiazole rings is 2. The first kappa shape index (κ1) is 26.5. The molecule has 2 aromatic rings. The van der Waals surface area contributed by atoms with Crippen LogP contribution in [0.5, 0.6) is 0 Å². The molecule has 0 saturated carbocycles. The van der Waals surface area contributed by atoms with Crippen LogP contribution in [0.4, 0.5) is 9.59 Å². The summed E-state index contributed by atoms with van der Waals surface area (Å²) in [5.74, 6) is 5.41. The molecular weight excluding hydrogens is 513 g/mol. The van der Waals surface area contributed by atoms with Gasteiger partial charge in [-0.2, -0.15) is 23.5 Å². The van der Waals surface area contributed by atoms with Gasteiger partial charge in [0.2, 0.25) is 0 Å². The number of hydrogen-bond donors (Lipinski definition) is 4. The van der Waals surface area contributed by atoms with Crippen LogP contribution in [0.1, 0.15) is 16.4 Å². The van der Waals surface area contributed by atoms with Gasteiger partial charge in [0.1, 0.15) is 10.0 Å². The van der Waals surface area contributed by atoms with E-state index in [0.717, 1.165) is 44.5 Å². The fraction of sp³-hybridized carbons (Fsp3) is 0.529. The lowest BCUT2D eigenvalue weighted by molar-refractivity contribution is 0.245. The molecule has 0 radical (unpaired) electrons. The van der Waals surface area contributed by atoms with Crippen molar-refractivity contribution in [2.24, 2.45) is 0 Å². The first-order chi connectivity index (χ1) is 15.2. The molecular formula is C17H26N6O2S6. The molecule has 4 N–H and O–H groups in total. The molecule has 4 amide bonds. The molecule has 0 spiro atoms. The van der Waals surface area contributed by atoms with E-state index >= 15 is 0 Å². The lowest BCUT2D eigenvalue weighted by atomic mass is 10.4. The van der Waals surface area contributed by atoms with Gasteiger partial charge in [0.25, 0.3) is 0 Å². The van der Waals surface area contributed by atoms with Crippen LogP contribution in [0.3, 0.4) is 0 Å². The van der Waals surface area contributed by atoms with E-state index in [4.69, 9.17) is 0 Å². The smallest absolute Gasteiger partial charge is 0.324 e. The molecule has 0 aliphatic carbocycles. The fourth-order valence-corrected chi connectivity index (χ4v) is 6.82. The van der Waals surface area contributed by atoms with Crippen LogP contribution in [0.15, 0.2) is 23.2 Å². The van der Waals surface area contributed by atoms with Gasteiger partial charge in [-0.1, -0.05) is 0 Å². The fourth-order valence-electron chi connectivity index (χ4n) is 1.97. The minimum absolute atomic E-state index is 0.204. The van der Waals surface area contributed by atoms with Gasteiger partial charge in [0, 0.05) is 70.8 Å². The van der Waals surface area contributed by atoms with Crippen LogP contribution < -0.4 is 20.1 Å². The Hall–Kier alpha value is -0.800. The molecule has 0 unspecified atom stereocenters. The van der Waals surface area contributed by atoms with Gasteiger partial charge < -0.3 is 10.6 Å². The summed E-state index contributed by atoms with van der Waals surface area (Å²) in [6, 6.07) is -0.407.